The Kier molecular flexibility index (Phi) is 6.18. The number of amides is 2. The number of anilines is 1. The first-order valence-electron chi connectivity index (χ1n) is 12.0. The molecule has 0 saturated carbocycles. The minimum absolute atomic E-state index is 0.224. The van der Waals surface area contributed by atoms with Crippen LogP contribution in [0.2, 0.25) is 0 Å². The van der Waals surface area contributed by atoms with Crippen LogP contribution in [0.3, 0.4) is 0 Å². The van der Waals surface area contributed by atoms with Crippen molar-refractivity contribution in [2.45, 2.75) is 38.3 Å². The zero-order valence-electron chi connectivity index (χ0n) is 19.8. The molecule has 3 N–H and O–H groups in total. The first kappa shape index (κ1) is 22.9. The Morgan fingerprint density at radius 2 is 1.74 bits per heavy atom. The van der Waals surface area contributed by atoms with Gasteiger partial charge in [-0.3, -0.25) is 28.9 Å². The number of nitrogens with one attached hydrogen (secondary N) is 1. The molecule has 1 aromatic heterocycles. The first-order chi connectivity index (χ1) is 16.9. The molecule has 2 fully saturated rings. The van der Waals surface area contributed by atoms with Gasteiger partial charge in [0.05, 0.1) is 11.0 Å². The number of aromatic nitrogens is 2. The zero-order chi connectivity index (χ0) is 24.5. The molecule has 8 heteroatoms. The molecule has 0 aliphatic carbocycles. The molecule has 1 unspecified atom stereocenters. The normalized spacial score (nSPS) is 19.4. The molecule has 2 amide bonds. The van der Waals surface area contributed by atoms with E-state index in [1.807, 2.05) is 30.3 Å². The highest BCUT2D eigenvalue weighted by molar-refractivity contribution is 6.00. The van der Waals surface area contributed by atoms with E-state index in [9.17, 15) is 14.4 Å². The Hall–Kier alpha value is -3.83. The van der Waals surface area contributed by atoms with Gasteiger partial charge >= 0.3 is 5.69 Å². The number of hydrogen-bond donors (Lipinski definition) is 2. The van der Waals surface area contributed by atoms with Crippen LogP contribution >= 0.6 is 0 Å². The fraction of sp³-hybridized carbons (Fsp3) is 0.370. The van der Waals surface area contributed by atoms with Crippen LogP contribution in [0, 0.1) is 17.8 Å². The van der Waals surface area contributed by atoms with Gasteiger partial charge < -0.3 is 5.73 Å². The van der Waals surface area contributed by atoms with Crippen LogP contribution in [0.4, 0.5) is 5.69 Å². The Morgan fingerprint density at radius 3 is 2.46 bits per heavy atom. The number of rotatable bonds is 3. The Morgan fingerprint density at radius 1 is 1.00 bits per heavy atom. The molecule has 3 heterocycles. The van der Waals surface area contributed by atoms with Gasteiger partial charge in [-0.25, -0.2) is 4.79 Å². The number of nitrogens with zero attached hydrogens (tertiary/aromatic N) is 3. The van der Waals surface area contributed by atoms with Crippen LogP contribution in [0.15, 0.2) is 47.3 Å². The average Bonchev–Trinajstić information content (AvgIpc) is 3.10. The van der Waals surface area contributed by atoms with E-state index in [0.717, 1.165) is 49.2 Å². The number of benzene rings is 2. The molecule has 1 atom stereocenters. The Labute approximate surface area is 203 Å². The topological polar surface area (TPSA) is 102 Å². The maximum Gasteiger partial charge on any atom is 0.329 e. The second-order valence-electron chi connectivity index (χ2n) is 9.44. The average molecular weight is 472 g/mol. The van der Waals surface area contributed by atoms with E-state index in [-0.39, 0.29) is 18.0 Å². The third kappa shape index (κ3) is 4.73. The fourth-order valence-corrected chi connectivity index (χ4v) is 4.97. The van der Waals surface area contributed by atoms with Gasteiger partial charge in [0.15, 0.2) is 0 Å². The van der Waals surface area contributed by atoms with Crippen molar-refractivity contribution < 1.29 is 9.59 Å². The predicted molar refractivity (Wildman–Crippen MR) is 134 cm³/mol. The Balaban J connectivity index is 1.28. The molecule has 2 aliphatic rings. The maximum absolute atomic E-state index is 12.9. The van der Waals surface area contributed by atoms with Crippen LogP contribution in [0.5, 0.6) is 0 Å². The molecule has 3 aromatic rings. The molecular weight excluding hydrogens is 442 g/mol. The standard InChI is InChI=1S/C27H29N5O3/c1-30-24-16-19(6-9-22(24)32(27(30)35)23-10-11-25(33)29-26(23)34)3-2-18-12-14-31(15-13-18)17-20-4-7-21(28)8-5-20/h4-9,16,18,23H,10-15,17,28H2,1H3,(H,29,33,34). The van der Waals surface area contributed by atoms with E-state index in [4.69, 9.17) is 5.73 Å². The summed E-state index contributed by atoms with van der Waals surface area (Å²) in [6.07, 6.45) is 2.59. The lowest BCUT2D eigenvalue weighted by atomic mass is 9.96. The largest absolute Gasteiger partial charge is 0.399 e. The highest BCUT2D eigenvalue weighted by atomic mass is 16.2. The molecule has 180 valence electrons. The van der Waals surface area contributed by atoms with Crippen molar-refractivity contribution in [3.63, 3.8) is 0 Å². The smallest absolute Gasteiger partial charge is 0.329 e. The van der Waals surface area contributed by atoms with Gasteiger partial charge in [0.1, 0.15) is 6.04 Å². The van der Waals surface area contributed by atoms with Gasteiger partial charge in [-0.15, -0.1) is 0 Å². The lowest BCUT2D eigenvalue weighted by Gasteiger charge is -2.29. The number of imidazole rings is 1. The van der Waals surface area contributed by atoms with Crippen LogP contribution in [0.25, 0.3) is 11.0 Å². The van der Waals surface area contributed by atoms with Crippen molar-refractivity contribution in [3.8, 4) is 11.8 Å². The summed E-state index contributed by atoms with van der Waals surface area (Å²) in [5.74, 6) is 6.33. The molecule has 0 spiro atoms. The highest BCUT2D eigenvalue weighted by Crippen LogP contribution is 2.24. The van der Waals surface area contributed by atoms with Gasteiger partial charge in [0.2, 0.25) is 11.8 Å². The molecule has 2 aliphatic heterocycles. The summed E-state index contributed by atoms with van der Waals surface area (Å²) in [5.41, 5.74) is 9.81. The summed E-state index contributed by atoms with van der Waals surface area (Å²) < 4.78 is 3.03. The maximum atomic E-state index is 12.9. The van der Waals surface area contributed by atoms with E-state index in [1.165, 1.54) is 10.1 Å². The lowest BCUT2D eigenvalue weighted by Crippen LogP contribution is -2.44. The number of fused-ring (bicyclic) bond motifs is 1. The molecule has 2 aromatic carbocycles. The first-order valence-corrected chi connectivity index (χ1v) is 12.0. The van der Waals surface area contributed by atoms with E-state index < -0.39 is 11.9 Å². The molecular formula is C27H29N5O3. The van der Waals surface area contributed by atoms with Gasteiger partial charge in [-0.05, 0) is 68.2 Å². The Bertz CT molecular complexity index is 1400. The van der Waals surface area contributed by atoms with Gasteiger partial charge in [0, 0.05) is 37.2 Å². The van der Waals surface area contributed by atoms with Crippen LogP contribution in [-0.4, -0.2) is 38.9 Å². The monoisotopic (exact) mass is 471 g/mol. The summed E-state index contributed by atoms with van der Waals surface area (Å²) in [5, 5.41) is 2.34. The summed E-state index contributed by atoms with van der Waals surface area (Å²) in [6, 6.07) is 13.0. The van der Waals surface area contributed by atoms with E-state index >= 15 is 0 Å². The van der Waals surface area contributed by atoms with E-state index in [0.29, 0.717) is 17.9 Å². The molecule has 35 heavy (non-hydrogen) atoms. The zero-order valence-corrected chi connectivity index (χ0v) is 19.8. The lowest BCUT2D eigenvalue weighted by molar-refractivity contribution is -0.135. The molecule has 0 bridgehead atoms. The van der Waals surface area contributed by atoms with Crippen molar-refractivity contribution in [2.75, 3.05) is 18.8 Å². The number of piperidine rings is 2. The summed E-state index contributed by atoms with van der Waals surface area (Å²) in [7, 11) is 1.70. The number of nitrogen functional groups attached to an aromatic ring is 1. The summed E-state index contributed by atoms with van der Waals surface area (Å²) in [4.78, 5) is 39.2. The van der Waals surface area contributed by atoms with Gasteiger partial charge in [-0.2, -0.15) is 0 Å². The van der Waals surface area contributed by atoms with Crippen LogP contribution < -0.4 is 16.7 Å². The number of nitrogens with two attached hydrogens (primary N) is 1. The quantitative estimate of drug-likeness (QED) is 0.346. The van der Waals surface area contributed by atoms with Crippen LogP contribution in [0.1, 0.15) is 42.9 Å². The van der Waals surface area contributed by atoms with Crippen molar-refractivity contribution in [2.24, 2.45) is 13.0 Å². The number of carbonyl (C=O) groups is 2. The SMILES string of the molecule is Cn1c(=O)n(C2CCC(=O)NC2=O)c2ccc(C#CC3CCN(Cc4ccc(N)cc4)CC3)cc21. The second kappa shape index (κ2) is 9.43. The summed E-state index contributed by atoms with van der Waals surface area (Å²) >= 11 is 0. The predicted octanol–water partition coefficient (Wildman–Crippen LogP) is 2.16. The number of likely N-dealkylation sites (tertiary alicyclic amines) is 1. The van der Waals surface area contributed by atoms with Gasteiger partial charge in [0.25, 0.3) is 0 Å². The number of hydrogen-bond acceptors (Lipinski definition) is 5. The summed E-state index contributed by atoms with van der Waals surface area (Å²) in [6.45, 7) is 2.94. The van der Waals surface area contributed by atoms with E-state index in [2.05, 4.69) is 34.2 Å². The molecule has 8 nitrogen and oxygen atoms in total. The fourth-order valence-electron chi connectivity index (χ4n) is 4.97. The van der Waals surface area contributed by atoms with Crippen molar-refractivity contribution in [1.29, 1.82) is 0 Å². The molecule has 2 saturated heterocycles. The minimum Gasteiger partial charge on any atom is -0.399 e. The molecule has 0 radical (unpaired) electrons. The number of carbonyl (C=O) groups excluding carboxylic acids is 2. The highest BCUT2D eigenvalue weighted by Gasteiger charge is 2.31. The van der Waals surface area contributed by atoms with Crippen LogP contribution in [-0.2, 0) is 23.2 Å². The molecule has 5 rings (SSSR count). The second-order valence-corrected chi connectivity index (χ2v) is 9.44. The van der Waals surface area contributed by atoms with Crippen molar-refractivity contribution >= 4 is 28.5 Å². The number of aryl methyl sites for hydroxylation is 1. The van der Waals surface area contributed by atoms with Crippen molar-refractivity contribution in [3.05, 3.63) is 64.1 Å². The number of imide groups is 1. The third-order valence-corrected chi connectivity index (χ3v) is 7.01. The van der Waals surface area contributed by atoms with Crippen molar-refractivity contribution in [1.82, 2.24) is 19.4 Å². The van der Waals surface area contributed by atoms with Gasteiger partial charge in [-0.1, -0.05) is 24.0 Å². The van der Waals surface area contributed by atoms with E-state index in [1.54, 1.807) is 11.6 Å². The third-order valence-electron chi connectivity index (χ3n) is 7.01. The minimum atomic E-state index is -0.681.